The van der Waals surface area contributed by atoms with Crippen molar-refractivity contribution in [2.45, 2.75) is 5.92 Å². The minimum atomic E-state index is -0.412. The minimum absolute atomic E-state index is 0.178. The van der Waals surface area contributed by atoms with Crippen molar-refractivity contribution < 1.29 is 4.79 Å². The number of benzene rings is 3. The predicted molar refractivity (Wildman–Crippen MR) is 102 cm³/mol. The fourth-order valence-electron chi connectivity index (χ4n) is 2.57. The molecule has 0 spiro atoms. The predicted octanol–water partition coefficient (Wildman–Crippen LogP) is 4.62. The van der Waals surface area contributed by atoms with Gasteiger partial charge in [-0.2, -0.15) is 5.10 Å². The molecule has 25 heavy (non-hydrogen) atoms. The van der Waals surface area contributed by atoms with Gasteiger partial charge in [0.1, 0.15) is 0 Å². The molecule has 0 saturated carbocycles. The molecule has 0 unspecified atom stereocenters. The number of halogens is 1. The van der Waals surface area contributed by atoms with Gasteiger partial charge in [-0.05, 0) is 28.8 Å². The highest BCUT2D eigenvalue weighted by atomic mass is 35.5. The van der Waals surface area contributed by atoms with Gasteiger partial charge in [-0.1, -0.05) is 84.4 Å². The summed E-state index contributed by atoms with van der Waals surface area (Å²) in [4.78, 5) is 12.7. The molecule has 3 nitrogen and oxygen atoms in total. The fraction of sp³-hybridized carbons (Fsp3) is 0.0476. The molecular formula is C21H17ClN2O. The van der Waals surface area contributed by atoms with Gasteiger partial charge in [-0.3, -0.25) is 4.79 Å². The standard InChI is InChI=1S/C21H17ClN2O/c22-19-13-11-16(12-14-19)15-23-24-21(25)20(17-7-3-1-4-8-17)18-9-5-2-6-10-18/h1-15,20H,(H,24,25)/b23-15+. The molecule has 1 N–H and O–H groups in total. The van der Waals surface area contributed by atoms with Crippen molar-refractivity contribution >= 4 is 23.7 Å². The molecule has 4 heteroatoms. The molecule has 0 heterocycles. The van der Waals surface area contributed by atoms with E-state index in [1.165, 1.54) is 0 Å². The van der Waals surface area contributed by atoms with Crippen molar-refractivity contribution in [2.75, 3.05) is 0 Å². The highest BCUT2D eigenvalue weighted by molar-refractivity contribution is 6.30. The van der Waals surface area contributed by atoms with Crippen LogP contribution in [0.1, 0.15) is 22.6 Å². The van der Waals surface area contributed by atoms with Crippen LogP contribution in [0.2, 0.25) is 5.02 Å². The Morgan fingerprint density at radius 1 is 0.840 bits per heavy atom. The Labute approximate surface area is 152 Å². The first kappa shape index (κ1) is 16.9. The van der Waals surface area contributed by atoms with Gasteiger partial charge >= 0.3 is 0 Å². The Morgan fingerprint density at radius 3 is 1.88 bits per heavy atom. The van der Waals surface area contributed by atoms with Crippen LogP contribution in [0.3, 0.4) is 0 Å². The van der Waals surface area contributed by atoms with Crippen LogP contribution >= 0.6 is 11.6 Å². The average molecular weight is 349 g/mol. The Hall–Kier alpha value is -2.91. The van der Waals surface area contributed by atoms with E-state index in [0.29, 0.717) is 5.02 Å². The van der Waals surface area contributed by atoms with Crippen LogP contribution < -0.4 is 5.43 Å². The number of carbonyl (C=O) groups is 1. The van der Waals surface area contributed by atoms with Crippen LogP contribution in [0.5, 0.6) is 0 Å². The molecule has 0 radical (unpaired) electrons. The molecule has 0 saturated heterocycles. The van der Waals surface area contributed by atoms with Crippen LogP contribution in [0.15, 0.2) is 90.0 Å². The van der Waals surface area contributed by atoms with E-state index in [0.717, 1.165) is 16.7 Å². The van der Waals surface area contributed by atoms with Gasteiger partial charge in [0.15, 0.2) is 0 Å². The van der Waals surface area contributed by atoms with Crippen molar-refractivity contribution in [3.05, 3.63) is 107 Å². The van der Waals surface area contributed by atoms with Crippen molar-refractivity contribution in [1.29, 1.82) is 0 Å². The second-order valence-corrected chi connectivity index (χ2v) is 5.98. The SMILES string of the molecule is O=C(N/N=C/c1ccc(Cl)cc1)C(c1ccccc1)c1ccccc1. The lowest BCUT2D eigenvalue weighted by Crippen LogP contribution is -2.26. The van der Waals surface area contributed by atoms with Crippen molar-refractivity contribution in [3.8, 4) is 0 Å². The van der Waals surface area contributed by atoms with Crippen molar-refractivity contribution in [2.24, 2.45) is 5.10 Å². The topological polar surface area (TPSA) is 41.5 Å². The Balaban J connectivity index is 1.79. The second-order valence-electron chi connectivity index (χ2n) is 5.54. The average Bonchev–Trinajstić information content (AvgIpc) is 2.65. The van der Waals surface area contributed by atoms with Crippen molar-refractivity contribution in [1.82, 2.24) is 5.43 Å². The number of amides is 1. The molecule has 1 amide bonds. The van der Waals surface area contributed by atoms with Gasteiger partial charge in [-0.15, -0.1) is 0 Å². The lowest BCUT2D eigenvalue weighted by Gasteiger charge is -2.16. The van der Waals surface area contributed by atoms with E-state index >= 15 is 0 Å². The molecule has 0 aliphatic rings. The van der Waals surface area contributed by atoms with Crippen molar-refractivity contribution in [3.63, 3.8) is 0 Å². The van der Waals surface area contributed by atoms with E-state index in [2.05, 4.69) is 10.5 Å². The molecule has 124 valence electrons. The largest absolute Gasteiger partial charge is 0.272 e. The highest BCUT2D eigenvalue weighted by Gasteiger charge is 2.22. The summed E-state index contributed by atoms with van der Waals surface area (Å²) in [6.07, 6.45) is 1.60. The summed E-state index contributed by atoms with van der Waals surface area (Å²) in [7, 11) is 0. The zero-order valence-corrected chi connectivity index (χ0v) is 14.2. The third kappa shape index (κ3) is 4.55. The molecular weight excluding hydrogens is 332 g/mol. The van der Waals surface area contributed by atoms with Crippen LogP contribution in [0.4, 0.5) is 0 Å². The maximum atomic E-state index is 12.7. The molecule has 3 rings (SSSR count). The summed E-state index contributed by atoms with van der Waals surface area (Å²) in [6, 6.07) is 26.6. The van der Waals surface area contributed by atoms with E-state index in [1.807, 2.05) is 72.8 Å². The zero-order valence-electron chi connectivity index (χ0n) is 13.5. The lowest BCUT2D eigenvalue weighted by atomic mass is 9.91. The monoisotopic (exact) mass is 348 g/mol. The van der Waals surface area contributed by atoms with E-state index < -0.39 is 5.92 Å². The first-order valence-electron chi connectivity index (χ1n) is 7.92. The maximum Gasteiger partial charge on any atom is 0.252 e. The number of rotatable bonds is 5. The highest BCUT2D eigenvalue weighted by Crippen LogP contribution is 2.24. The summed E-state index contributed by atoms with van der Waals surface area (Å²) >= 11 is 5.86. The Morgan fingerprint density at radius 2 is 1.36 bits per heavy atom. The van der Waals surface area contributed by atoms with E-state index in [1.54, 1.807) is 18.3 Å². The minimum Gasteiger partial charge on any atom is -0.272 e. The Bertz CT molecular complexity index is 807. The Kier molecular flexibility index (Phi) is 5.60. The van der Waals surface area contributed by atoms with Crippen LogP contribution in [0.25, 0.3) is 0 Å². The van der Waals surface area contributed by atoms with Crippen LogP contribution in [-0.2, 0) is 4.79 Å². The van der Waals surface area contributed by atoms with E-state index in [4.69, 9.17) is 11.6 Å². The smallest absolute Gasteiger partial charge is 0.252 e. The summed E-state index contributed by atoms with van der Waals surface area (Å²) in [5, 5.41) is 4.74. The molecule has 0 aliphatic carbocycles. The third-order valence-corrected chi connectivity index (χ3v) is 4.04. The zero-order chi connectivity index (χ0) is 17.5. The van der Waals surface area contributed by atoms with Crippen LogP contribution in [0, 0.1) is 0 Å². The fourth-order valence-corrected chi connectivity index (χ4v) is 2.70. The summed E-state index contributed by atoms with van der Waals surface area (Å²) in [5.74, 6) is -0.590. The third-order valence-electron chi connectivity index (χ3n) is 3.79. The molecule has 3 aromatic rings. The summed E-state index contributed by atoms with van der Waals surface area (Å²) in [6.45, 7) is 0. The van der Waals surface area contributed by atoms with Crippen LogP contribution in [-0.4, -0.2) is 12.1 Å². The number of hydrogen-bond donors (Lipinski definition) is 1. The number of hydrogen-bond acceptors (Lipinski definition) is 2. The molecule has 0 bridgehead atoms. The molecule has 0 fully saturated rings. The lowest BCUT2D eigenvalue weighted by molar-refractivity contribution is -0.121. The maximum absolute atomic E-state index is 12.7. The van der Waals surface area contributed by atoms with E-state index in [-0.39, 0.29) is 5.91 Å². The van der Waals surface area contributed by atoms with Gasteiger partial charge in [-0.25, -0.2) is 5.43 Å². The number of carbonyl (C=O) groups excluding carboxylic acids is 1. The number of nitrogens with zero attached hydrogens (tertiary/aromatic N) is 1. The molecule has 3 aromatic carbocycles. The number of nitrogens with one attached hydrogen (secondary N) is 1. The molecule has 0 aliphatic heterocycles. The van der Waals surface area contributed by atoms with Gasteiger partial charge < -0.3 is 0 Å². The first-order chi connectivity index (χ1) is 12.2. The van der Waals surface area contributed by atoms with Gasteiger partial charge in [0.25, 0.3) is 5.91 Å². The van der Waals surface area contributed by atoms with Gasteiger partial charge in [0, 0.05) is 5.02 Å². The van der Waals surface area contributed by atoms with Gasteiger partial charge in [0.2, 0.25) is 0 Å². The normalized spacial score (nSPS) is 11.0. The summed E-state index contributed by atoms with van der Waals surface area (Å²) < 4.78 is 0. The quantitative estimate of drug-likeness (QED) is 0.530. The summed E-state index contributed by atoms with van der Waals surface area (Å²) in [5.41, 5.74) is 5.35. The van der Waals surface area contributed by atoms with E-state index in [9.17, 15) is 4.79 Å². The van der Waals surface area contributed by atoms with Gasteiger partial charge in [0.05, 0.1) is 12.1 Å². The molecule has 0 aromatic heterocycles. The number of hydrazone groups is 1. The first-order valence-corrected chi connectivity index (χ1v) is 8.30. The molecule has 0 atom stereocenters. The second kappa shape index (κ2) is 8.27.